The first-order valence-corrected chi connectivity index (χ1v) is 6.38. The van der Waals surface area contributed by atoms with E-state index < -0.39 is 0 Å². The number of carbonyl (C=O) groups is 1. The quantitative estimate of drug-likeness (QED) is 0.710. The fourth-order valence-electron chi connectivity index (χ4n) is 1.97. The molecule has 2 unspecified atom stereocenters. The van der Waals surface area contributed by atoms with Crippen molar-refractivity contribution in [3.05, 3.63) is 0 Å². The first kappa shape index (κ1) is 14.4. The number of nitrogens with two attached hydrogens (primary N) is 1. The van der Waals surface area contributed by atoms with Gasteiger partial charge >= 0.3 is 0 Å². The van der Waals surface area contributed by atoms with E-state index in [-0.39, 0.29) is 18.1 Å². The maximum Gasteiger partial charge on any atom is 0.221 e. The third kappa shape index (κ3) is 5.02. The minimum absolute atomic E-state index is 0.111. The Kier molecular flexibility index (Phi) is 5.88. The van der Waals surface area contributed by atoms with Crippen molar-refractivity contribution in [3.63, 3.8) is 0 Å². The van der Waals surface area contributed by atoms with Crippen LogP contribution in [0.5, 0.6) is 0 Å². The van der Waals surface area contributed by atoms with Gasteiger partial charge in [0.25, 0.3) is 0 Å². The van der Waals surface area contributed by atoms with E-state index in [1.54, 1.807) is 0 Å². The molecule has 1 amide bonds. The van der Waals surface area contributed by atoms with E-state index in [0.717, 1.165) is 13.1 Å². The van der Waals surface area contributed by atoms with Crippen LogP contribution in [0.2, 0.25) is 0 Å². The van der Waals surface area contributed by atoms with Crippen LogP contribution in [0.1, 0.15) is 27.2 Å². The molecule has 1 aliphatic rings. The Labute approximate surface area is 104 Å². The summed E-state index contributed by atoms with van der Waals surface area (Å²) in [5, 5.41) is 2.90. The molecule has 17 heavy (non-hydrogen) atoms. The third-order valence-corrected chi connectivity index (χ3v) is 2.97. The van der Waals surface area contributed by atoms with Gasteiger partial charge in [-0.1, -0.05) is 0 Å². The van der Waals surface area contributed by atoms with E-state index in [0.29, 0.717) is 25.6 Å². The summed E-state index contributed by atoms with van der Waals surface area (Å²) in [6.45, 7) is 8.91. The predicted octanol–water partition coefficient (Wildman–Crippen LogP) is -0.0509. The summed E-state index contributed by atoms with van der Waals surface area (Å²) >= 11 is 0. The molecule has 1 saturated heterocycles. The first-order valence-electron chi connectivity index (χ1n) is 6.38. The Morgan fingerprint density at radius 1 is 1.59 bits per heavy atom. The van der Waals surface area contributed by atoms with Gasteiger partial charge in [-0.05, 0) is 20.8 Å². The van der Waals surface area contributed by atoms with Crippen molar-refractivity contribution in [2.45, 2.75) is 45.4 Å². The van der Waals surface area contributed by atoms with Gasteiger partial charge in [-0.3, -0.25) is 9.69 Å². The van der Waals surface area contributed by atoms with Crippen molar-refractivity contribution in [2.24, 2.45) is 5.73 Å². The number of morpholine rings is 1. The van der Waals surface area contributed by atoms with Crippen LogP contribution in [0.15, 0.2) is 0 Å². The van der Waals surface area contributed by atoms with E-state index in [9.17, 15) is 4.79 Å². The molecule has 2 atom stereocenters. The van der Waals surface area contributed by atoms with Gasteiger partial charge in [0.15, 0.2) is 0 Å². The molecule has 0 bridgehead atoms. The van der Waals surface area contributed by atoms with Crippen LogP contribution in [0.25, 0.3) is 0 Å². The van der Waals surface area contributed by atoms with Gasteiger partial charge in [0.2, 0.25) is 5.91 Å². The van der Waals surface area contributed by atoms with Crippen molar-refractivity contribution < 1.29 is 9.53 Å². The number of nitrogens with zero attached hydrogens (tertiary/aromatic N) is 1. The van der Waals surface area contributed by atoms with Crippen LogP contribution < -0.4 is 11.1 Å². The summed E-state index contributed by atoms with van der Waals surface area (Å²) < 4.78 is 5.57. The molecule has 0 aromatic heterocycles. The van der Waals surface area contributed by atoms with E-state index in [4.69, 9.17) is 10.5 Å². The molecule has 100 valence electrons. The van der Waals surface area contributed by atoms with Gasteiger partial charge in [0, 0.05) is 38.1 Å². The number of carbonyl (C=O) groups excluding carboxylic acids is 1. The Balaban J connectivity index is 2.31. The number of amides is 1. The lowest BCUT2D eigenvalue weighted by atomic mass is 10.2. The SMILES string of the molecule is CC(C)NC(=O)CCN1CC(CN)OCC1C. The number of ether oxygens (including phenoxy) is 1. The van der Waals surface area contributed by atoms with Crippen LogP contribution in [0.4, 0.5) is 0 Å². The molecule has 5 nitrogen and oxygen atoms in total. The summed E-state index contributed by atoms with van der Waals surface area (Å²) in [6, 6.07) is 0.575. The average molecular weight is 243 g/mol. The van der Waals surface area contributed by atoms with Gasteiger partial charge < -0.3 is 15.8 Å². The summed E-state index contributed by atoms with van der Waals surface area (Å²) in [7, 11) is 0. The van der Waals surface area contributed by atoms with Gasteiger partial charge in [0.1, 0.15) is 0 Å². The maximum atomic E-state index is 11.6. The van der Waals surface area contributed by atoms with Crippen molar-refractivity contribution in [2.75, 3.05) is 26.2 Å². The highest BCUT2D eigenvalue weighted by molar-refractivity contribution is 5.76. The van der Waals surface area contributed by atoms with Crippen LogP contribution in [-0.4, -0.2) is 55.2 Å². The highest BCUT2D eigenvalue weighted by atomic mass is 16.5. The standard InChI is InChI=1S/C12H25N3O2/c1-9(2)14-12(16)4-5-15-7-11(6-13)17-8-10(15)3/h9-11H,4-8,13H2,1-3H3,(H,14,16). The second-order valence-electron chi connectivity index (χ2n) is 5.01. The van der Waals surface area contributed by atoms with Crippen molar-refractivity contribution in [3.8, 4) is 0 Å². The van der Waals surface area contributed by atoms with Crippen LogP contribution in [0, 0.1) is 0 Å². The topological polar surface area (TPSA) is 67.6 Å². The van der Waals surface area contributed by atoms with E-state index in [1.165, 1.54) is 0 Å². The highest BCUT2D eigenvalue weighted by Gasteiger charge is 2.25. The number of hydrogen-bond donors (Lipinski definition) is 2. The smallest absolute Gasteiger partial charge is 0.221 e. The van der Waals surface area contributed by atoms with Crippen molar-refractivity contribution in [1.29, 1.82) is 0 Å². The normalized spacial score (nSPS) is 26.2. The molecular weight excluding hydrogens is 218 g/mol. The number of nitrogens with one attached hydrogen (secondary N) is 1. The van der Waals surface area contributed by atoms with E-state index in [1.807, 2.05) is 13.8 Å². The number of hydrogen-bond acceptors (Lipinski definition) is 4. The third-order valence-electron chi connectivity index (χ3n) is 2.97. The Hall–Kier alpha value is -0.650. The molecule has 1 heterocycles. The molecule has 1 rings (SSSR count). The zero-order chi connectivity index (χ0) is 12.8. The summed E-state index contributed by atoms with van der Waals surface area (Å²) in [5.74, 6) is 0.114. The molecule has 0 saturated carbocycles. The molecule has 0 radical (unpaired) electrons. The lowest BCUT2D eigenvalue weighted by Crippen LogP contribution is -2.51. The molecule has 0 spiro atoms. The minimum Gasteiger partial charge on any atom is -0.374 e. The average Bonchev–Trinajstić information content (AvgIpc) is 2.27. The second-order valence-corrected chi connectivity index (χ2v) is 5.01. The molecule has 0 aromatic carbocycles. The second kappa shape index (κ2) is 6.93. The molecule has 1 fully saturated rings. The molecule has 0 aromatic rings. The highest BCUT2D eigenvalue weighted by Crippen LogP contribution is 2.11. The van der Waals surface area contributed by atoms with Gasteiger partial charge in [-0.25, -0.2) is 0 Å². The fraction of sp³-hybridized carbons (Fsp3) is 0.917. The zero-order valence-electron chi connectivity index (χ0n) is 11.1. The molecule has 3 N–H and O–H groups in total. The van der Waals surface area contributed by atoms with Crippen molar-refractivity contribution >= 4 is 5.91 Å². The first-order chi connectivity index (χ1) is 8.02. The van der Waals surface area contributed by atoms with Gasteiger partial charge in [-0.15, -0.1) is 0 Å². The lowest BCUT2D eigenvalue weighted by Gasteiger charge is -2.37. The summed E-state index contributed by atoms with van der Waals surface area (Å²) in [6.07, 6.45) is 0.652. The molecular formula is C12H25N3O2. The maximum absolute atomic E-state index is 11.6. The molecule has 5 heteroatoms. The largest absolute Gasteiger partial charge is 0.374 e. The summed E-state index contributed by atoms with van der Waals surface area (Å²) in [5.41, 5.74) is 5.60. The molecule has 1 aliphatic heterocycles. The Bertz CT molecular complexity index is 246. The minimum atomic E-state index is 0.111. The number of rotatable bonds is 5. The fourth-order valence-corrected chi connectivity index (χ4v) is 1.97. The van der Waals surface area contributed by atoms with Crippen molar-refractivity contribution in [1.82, 2.24) is 10.2 Å². The zero-order valence-corrected chi connectivity index (χ0v) is 11.1. The van der Waals surface area contributed by atoms with Gasteiger partial charge in [-0.2, -0.15) is 0 Å². The van der Waals surface area contributed by atoms with Gasteiger partial charge in [0.05, 0.1) is 12.7 Å². The van der Waals surface area contributed by atoms with Crippen LogP contribution in [-0.2, 0) is 9.53 Å². The monoisotopic (exact) mass is 243 g/mol. The van der Waals surface area contributed by atoms with E-state index >= 15 is 0 Å². The molecule has 0 aliphatic carbocycles. The van der Waals surface area contributed by atoms with E-state index in [2.05, 4.69) is 17.1 Å². The predicted molar refractivity (Wildman–Crippen MR) is 67.7 cm³/mol. The lowest BCUT2D eigenvalue weighted by molar-refractivity contribution is -0.122. The Morgan fingerprint density at radius 3 is 2.88 bits per heavy atom. The van der Waals surface area contributed by atoms with Crippen LogP contribution in [0.3, 0.4) is 0 Å². The Morgan fingerprint density at radius 2 is 2.29 bits per heavy atom. The van der Waals surface area contributed by atoms with Crippen LogP contribution >= 0.6 is 0 Å². The summed E-state index contributed by atoms with van der Waals surface area (Å²) in [4.78, 5) is 13.8.